The number of rotatable bonds is 7. The van der Waals surface area contributed by atoms with Crippen LogP contribution in [0.1, 0.15) is 10.4 Å². The van der Waals surface area contributed by atoms with Gasteiger partial charge in [-0.1, -0.05) is 11.3 Å². The topological polar surface area (TPSA) is 97.8 Å². The maximum absolute atomic E-state index is 13.0. The van der Waals surface area contributed by atoms with E-state index in [1.165, 1.54) is 47.0 Å². The third-order valence-corrected chi connectivity index (χ3v) is 7.76. The van der Waals surface area contributed by atoms with Crippen molar-refractivity contribution in [3.63, 3.8) is 0 Å². The normalized spacial score (nSPS) is 11.2. The van der Waals surface area contributed by atoms with E-state index in [2.05, 4.69) is 10.3 Å². The number of hydrogen-bond acceptors (Lipinski definition) is 7. The molecule has 8 nitrogen and oxygen atoms in total. The van der Waals surface area contributed by atoms with Gasteiger partial charge in [-0.25, -0.2) is 13.4 Å². The molecule has 0 fully saturated rings. The Morgan fingerprint density at radius 1 is 0.939 bits per heavy atom. The van der Waals surface area contributed by atoms with Gasteiger partial charge in [0.25, 0.3) is 15.9 Å². The lowest BCUT2D eigenvalue weighted by Crippen LogP contribution is -2.26. The molecule has 1 aromatic heterocycles. The van der Waals surface area contributed by atoms with Gasteiger partial charge in [0.05, 0.1) is 35.0 Å². The minimum Gasteiger partial charge on any atom is -0.497 e. The van der Waals surface area contributed by atoms with Crippen LogP contribution in [0.15, 0.2) is 71.6 Å². The molecule has 0 bridgehead atoms. The van der Waals surface area contributed by atoms with Gasteiger partial charge in [-0.05, 0) is 66.7 Å². The largest absolute Gasteiger partial charge is 0.497 e. The van der Waals surface area contributed by atoms with Crippen LogP contribution in [0.4, 0.5) is 10.8 Å². The lowest BCUT2D eigenvalue weighted by Gasteiger charge is -2.20. The van der Waals surface area contributed by atoms with E-state index in [4.69, 9.17) is 9.47 Å². The van der Waals surface area contributed by atoms with E-state index in [1.54, 1.807) is 44.6 Å². The van der Waals surface area contributed by atoms with Crippen LogP contribution >= 0.6 is 11.3 Å². The van der Waals surface area contributed by atoms with E-state index in [0.717, 1.165) is 10.2 Å². The highest BCUT2D eigenvalue weighted by Crippen LogP contribution is 2.30. The number of fused-ring (bicyclic) bond motifs is 1. The summed E-state index contributed by atoms with van der Waals surface area (Å²) >= 11 is 1.33. The maximum Gasteiger partial charge on any atom is 0.264 e. The molecule has 1 heterocycles. The van der Waals surface area contributed by atoms with Gasteiger partial charge in [0.2, 0.25) is 0 Å². The molecule has 1 amide bonds. The molecular weight excluding hydrogens is 462 g/mol. The van der Waals surface area contributed by atoms with Crippen molar-refractivity contribution >= 4 is 48.3 Å². The Bertz CT molecular complexity index is 1400. The number of benzene rings is 3. The smallest absolute Gasteiger partial charge is 0.264 e. The Kier molecular flexibility index (Phi) is 6.21. The number of carbonyl (C=O) groups excluding carboxylic acids is 1. The molecule has 33 heavy (non-hydrogen) atoms. The Balaban J connectivity index is 1.50. The van der Waals surface area contributed by atoms with Gasteiger partial charge in [0.15, 0.2) is 5.13 Å². The number of methoxy groups -OCH3 is 2. The summed E-state index contributed by atoms with van der Waals surface area (Å²) in [7, 11) is 0.803. The molecule has 0 aliphatic carbocycles. The lowest BCUT2D eigenvalue weighted by atomic mass is 10.2. The minimum absolute atomic E-state index is 0.0736. The first kappa shape index (κ1) is 22.6. The van der Waals surface area contributed by atoms with Crippen molar-refractivity contribution in [1.82, 2.24) is 4.98 Å². The second-order valence-corrected chi connectivity index (χ2v) is 10.0. The lowest BCUT2D eigenvalue weighted by molar-refractivity contribution is 0.102. The fourth-order valence-electron chi connectivity index (χ4n) is 3.12. The molecule has 0 spiro atoms. The predicted molar refractivity (Wildman–Crippen MR) is 129 cm³/mol. The first-order valence-electron chi connectivity index (χ1n) is 9.81. The van der Waals surface area contributed by atoms with Crippen molar-refractivity contribution in [1.29, 1.82) is 0 Å². The van der Waals surface area contributed by atoms with Gasteiger partial charge in [0.1, 0.15) is 11.5 Å². The SMILES string of the molecule is COc1ccc(N(C)S(=O)(=O)c2ccc(C(=O)Nc3nc4ccc(OC)cc4s3)cc2)cc1. The summed E-state index contributed by atoms with van der Waals surface area (Å²) in [6.45, 7) is 0. The number of anilines is 2. The Morgan fingerprint density at radius 2 is 1.58 bits per heavy atom. The highest BCUT2D eigenvalue weighted by Gasteiger charge is 2.22. The number of aromatic nitrogens is 1. The van der Waals surface area contributed by atoms with Crippen LogP contribution in [-0.4, -0.2) is 40.6 Å². The van der Waals surface area contributed by atoms with Gasteiger partial charge in [-0.15, -0.1) is 0 Å². The van der Waals surface area contributed by atoms with Gasteiger partial charge in [-0.2, -0.15) is 0 Å². The van der Waals surface area contributed by atoms with Crippen LogP contribution in [-0.2, 0) is 10.0 Å². The number of nitrogens with zero attached hydrogens (tertiary/aromatic N) is 2. The zero-order chi connectivity index (χ0) is 23.6. The van der Waals surface area contributed by atoms with E-state index >= 15 is 0 Å². The van der Waals surface area contributed by atoms with Crippen molar-refractivity contribution in [3.05, 3.63) is 72.3 Å². The van der Waals surface area contributed by atoms with Crippen molar-refractivity contribution in [2.75, 3.05) is 30.9 Å². The molecule has 10 heteroatoms. The molecule has 1 N–H and O–H groups in total. The second-order valence-electron chi connectivity index (χ2n) is 7.00. The quantitative estimate of drug-likeness (QED) is 0.419. The number of nitrogens with one attached hydrogen (secondary N) is 1. The van der Waals surface area contributed by atoms with Gasteiger partial charge in [-0.3, -0.25) is 14.4 Å². The summed E-state index contributed by atoms with van der Waals surface area (Å²) in [6.07, 6.45) is 0. The fraction of sp³-hybridized carbons (Fsp3) is 0.130. The standard InChI is InChI=1S/C23H21N3O5S2/c1-26(16-6-8-17(30-2)9-7-16)33(28,29)19-11-4-15(5-12-19)22(27)25-23-24-20-13-10-18(31-3)14-21(20)32-23/h4-14H,1-3H3,(H,24,25,27). The third kappa shape index (κ3) is 4.62. The Morgan fingerprint density at radius 3 is 2.21 bits per heavy atom. The summed E-state index contributed by atoms with van der Waals surface area (Å²) in [6, 6.07) is 17.9. The molecule has 0 unspecified atom stereocenters. The number of sulfonamides is 1. The van der Waals surface area contributed by atoms with Crippen molar-refractivity contribution < 1.29 is 22.7 Å². The van der Waals surface area contributed by atoms with Crippen LogP contribution in [0.5, 0.6) is 11.5 Å². The number of hydrogen-bond donors (Lipinski definition) is 1. The molecule has 170 valence electrons. The van der Waals surface area contributed by atoms with Crippen LogP contribution in [0.2, 0.25) is 0 Å². The van der Waals surface area contributed by atoms with Crippen LogP contribution in [0.3, 0.4) is 0 Å². The van der Waals surface area contributed by atoms with Gasteiger partial charge >= 0.3 is 0 Å². The summed E-state index contributed by atoms with van der Waals surface area (Å²) in [5.41, 5.74) is 1.56. The number of carbonyl (C=O) groups is 1. The zero-order valence-corrected chi connectivity index (χ0v) is 19.7. The molecule has 0 aliphatic heterocycles. The summed E-state index contributed by atoms with van der Waals surface area (Å²) in [4.78, 5) is 17.1. The molecule has 0 saturated carbocycles. The van der Waals surface area contributed by atoms with E-state index in [9.17, 15) is 13.2 Å². The van der Waals surface area contributed by atoms with E-state index in [0.29, 0.717) is 27.9 Å². The van der Waals surface area contributed by atoms with Crippen LogP contribution in [0.25, 0.3) is 10.2 Å². The molecule has 0 radical (unpaired) electrons. The average Bonchev–Trinajstić information content (AvgIpc) is 3.24. The van der Waals surface area contributed by atoms with Crippen LogP contribution in [0, 0.1) is 0 Å². The van der Waals surface area contributed by atoms with Crippen molar-refractivity contribution in [3.8, 4) is 11.5 Å². The average molecular weight is 484 g/mol. The molecule has 3 aromatic carbocycles. The summed E-state index contributed by atoms with van der Waals surface area (Å²) in [5, 5.41) is 3.20. The maximum atomic E-state index is 13.0. The van der Waals surface area contributed by atoms with Crippen LogP contribution < -0.4 is 19.1 Å². The monoisotopic (exact) mass is 483 g/mol. The molecule has 0 aliphatic rings. The molecule has 0 saturated heterocycles. The van der Waals surface area contributed by atoms with Gasteiger partial charge < -0.3 is 9.47 Å². The third-order valence-electron chi connectivity index (χ3n) is 5.03. The number of amides is 1. The Hall–Kier alpha value is -3.63. The minimum atomic E-state index is -3.80. The molecule has 4 rings (SSSR count). The summed E-state index contributed by atoms with van der Waals surface area (Å²) in [5.74, 6) is 0.959. The highest BCUT2D eigenvalue weighted by atomic mass is 32.2. The van der Waals surface area contributed by atoms with E-state index in [-0.39, 0.29) is 10.8 Å². The predicted octanol–water partition coefficient (Wildman–Crippen LogP) is 4.39. The molecule has 4 aromatic rings. The fourth-order valence-corrected chi connectivity index (χ4v) is 5.21. The van der Waals surface area contributed by atoms with E-state index in [1.807, 2.05) is 12.1 Å². The summed E-state index contributed by atoms with van der Waals surface area (Å²) < 4.78 is 38.4. The molecule has 0 atom stereocenters. The first-order valence-corrected chi connectivity index (χ1v) is 12.1. The van der Waals surface area contributed by atoms with Crippen molar-refractivity contribution in [2.24, 2.45) is 0 Å². The highest BCUT2D eigenvalue weighted by molar-refractivity contribution is 7.92. The van der Waals surface area contributed by atoms with Gasteiger partial charge in [0, 0.05) is 12.6 Å². The number of ether oxygens (including phenoxy) is 2. The number of thiazole rings is 1. The zero-order valence-electron chi connectivity index (χ0n) is 18.1. The molecular formula is C23H21N3O5S2. The van der Waals surface area contributed by atoms with Crippen molar-refractivity contribution in [2.45, 2.75) is 4.90 Å². The Labute approximate surface area is 195 Å². The first-order chi connectivity index (χ1) is 15.8. The van der Waals surface area contributed by atoms with E-state index < -0.39 is 10.0 Å². The second kappa shape index (κ2) is 9.08.